The molecule has 0 aliphatic carbocycles. The summed E-state index contributed by atoms with van der Waals surface area (Å²) in [5.74, 6) is 3.24. The van der Waals surface area contributed by atoms with Gasteiger partial charge in [0, 0.05) is 64.2 Å². The van der Waals surface area contributed by atoms with Gasteiger partial charge in [-0.25, -0.2) is 0 Å². The monoisotopic (exact) mass is 433 g/mol. The van der Waals surface area contributed by atoms with Crippen LogP contribution in [0.2, 0.25) is 0 Å². The van der Waals surface area contributed by atoms with E-state index in [1.165, 1.54) is 12.2 Å². The molecule has 3 rings (SSSR count). The molecule has 7 nitrogen and oxygen atoms in total. The van der Waals surface area contributed by atoms with Gasteiger partial charge < -0.3 is 20.3 Å². The smallest absolute Gasteiger partial charge is 0.253 e. The summed E-state index contributed by atoms with van der Waals surface area (Å²) < 4.78 is 5.55. The van der Waals surface area contributed by atoms with Crippen molar-refractivity contribution in [2.24, 2.45) is 4.99 Å². The van der Waals surface area contributed by atoms with Crippen LogP contribution >= 0.6 is 11.8 Å². The molecule has 1 aromatic carbocycles. The third-order valence-corrected chi connectivity index (χ3v) is 7.09. The number of guanidine groups is 1. The second-order valence-corrected chi connectivity index (χ2v) is 9.23. The molecule has 2 heterocycles. The summed E-state index contributed by atoms with van der Waals surface area (Å²) in [6.45, 7) is 5.33. The summed E-state index contributed by atoms with van der Waals surface area (Å²) in [6.07, 6.45) is 2.04. The number of thioether (sulfide) groups is 1. The Kier molecular flexibility index (Phi) is 8.41. The SMILES string of the molecule is CN=C(NCCc1cccc(C(=O)N(C)C)c1)NCC1(N2CCOCC2)CCSC1. The first-order valence-corrected chi connectivity index (χ1v) is 11.9. The molecule has 2 aliphatic heterocycles. The highest BCUT2D eigenvalue weighted by molar-refractivity contribution is 7.99. The summed E-state index contributed by atoms with van der Waals surface area (Å²) in [6, 6.07) is 7.85. The zero-order valence-corrected chi connectivity index (χ0v) is 19.3. The van der Waals surface area contributed by atoms with Crippen molar-refractivity contribution >= 4 is 23.6 Å². The highest BCUT2D eigenvalue weighted by atomic mass is 32.2. The molecule has 1 amide bonds. The molecule has 0 radical (unpaired) electrons. The van der Waals surface area contributed by atoms with E-state index in [9.17, 15) is 4.79 Å². The van der Waals surface area contributed by atoms with Gasteiger partial charge in [0.15, 0.2) is 5.96 Å². The molecule has 1 aromatic rings. The van der Waals surface area contributed by atoms with Gasteiger partial charge in [0.2, 0.25) is 0 Å². The van der Waals surface area contributed by atoms with E-state index in [0.29, 0.717) is 0 Å². The summed E-state index contributed by atoms with van der Waals surface area (Å²) in [5, 5.41) is 6.99. The van der Waals surface area contributed by atoms with Crippen molar-refractivity contribution in [3.05, 3.63) is 35.4 Å². The Balaban J connectivity index is 1.50. The maximum absolute atomic E-state index is 12.2. The average Bonchev–Trinajstić information content (AvgIpc) is 3.26. The maximum atomic E-state index is 12.2. The third kappa shape index (κ3) is 5.89. The van der Waals surface area contributed by atoms with Gasteiger partial charge in [-0.1, -0.05) is 12.1 Å². The number of morpholine rings is 1. The fraction of sp³-hybridized carbons (Fsp3) is 0.636. The zero-order chi connectivity index (χ0) is 21.4. The first kappa shape index (κ1) is 22.9. The van der Waals surface area contributed by atoms with E-state index in [4.69, 9.17) is 4.74 Å². The number of carbonyl (C=O) groups excluding carboxylic acids is 1. The summed E-state index contributed by atoms with van der Waals surface area (Å²) >= 11 is 2.04. The van der Waals surface area contributed by atoms with E-state index >= 15 is 0 Å². The number of benzene rings is 1. The van der Waals surface area contributed by atoms with Crippen LogP contribution in [-0.2, 0) is 11.2 Å². The predicted molar refractivity (Wildman–Crippen MR) is 125 cm³/mol. The van der Waals surface area contributed by atoms with Crippen LogP contribution in [0.3, 0.4) is 0 Å². The number of nitrogens with one attached hydrogen (secondary N) is 2. The van der Waals surface area contributed by atoms with Gasteiger partial charge in [0.1, 0.15) is 0 Å². The number of amides is 1. The number of hydrogen-bond acceptors (Lipinski definition) is 5. The number of aliphatic imine (C=N–C) groups is 1. The standard InChI is InChI=1S/C22H35N5O2S/c1-23-21(24-9-7-18-5-4-6-19(15-18)20(28)26(2)3)25-16-22(8-14-30-17-22)27-10-12-29-13-11-27/h4-6,15H,7-14,16-17H2,1-3H3,(H2,23,24,25). The largest absolute Gasteiger partial charge is 0.379 e. The Hall–Kier alpha value is -1.77. The van der Waals surface area contributed by atoms with E-state index in [2.05, 4.69) is 26.6 Å². The number of ether oxygens (including phenoxy) is 1. The fourth-order valence-electron chi connectivity index (χ4n) is 4.05. The van der Waals surface area contributed by atoms with E-state index < -0.39 is 0 Å². The zero-order valence-electron chi connectivity index (χ0n) is 18.4. The van der Waals surface area contributed by atoms with Crippen LogP contribution in [0.25, 0.3) is 0 Å². The second kappa shape index (κ2) is 11.0. The fourth-order valence-corrected chi connectivity index (χ4v) is 5.52. The number of carbonyl (C=O) groups is 1. The topological polar surface area (TPSA) is 69.2 Å². The highest BCUT2D eigenvalue weighted by Gasteiger charge is 2.40. The quantitative estimate of drug-likeness (QED) is 0.499. The molecule has 2 saturated heterocycles. The van der Waals surface area contributed by atoms with Gasteiger partial charge in [0.05, 0.1) is 13.2 Å². The van der Waals surface area contributed by atoms with E-state index in [1.54, 1.807) is 19.0 Å². The van der Waals surface area contributed by atoms with Crippen LogP contribution in [0, 0.1) is 0 Å². The van der Waals surface area contributed by atoms with Gasteiger partial charge >= 0.3 is 0 Å². The molecule has 30 heavy (non-hydrogen) atoms. The molecule has 0 bridgehead atoms. The van der Waals surface area contributed by atoms with Gasteiger partial charge in [-0.05, 0) is 36.3 Å². The third-order valence-electron chi connectivity index (χ3n) is 5.86. The molecule has 8 heteroatoms. The Labute approximate surface area is 184 Å². The molecule has 0 aromatic heterocycles. The molecular weight excluding hydrogens is 398 g/mol. The number of nitrogens with zero attached hydrogens (tertiary/aromatic N) is 3. The lowest BCUT2D eigenvalue weighted by Crippen LogP contribution is -2.60. The molecule has 2 fully saturated rings. The van der Waals surface area contributed by atoms with Crippen LogP contribution in [0.1, 0.15) is 22.3 Å². The molecular formula is C22H35N5O2S. The second-order valence-electron chi connectivity index (χ2n) is 8.13. The van der Waals surface area contributed by atoms with E-state index in [0.717, 1.165) is 68.7 Å². The summed E-state index contributed by atoms with van der Waals surface area (Å²) in [5.41, 5.74) is 2.06. The first-order valence-electron chi connectivity index (χ1n) is 10.7. The minimum absolute atomic E-state index is 0.0325. The lowest BCUT2D eigenvalue weighted by Gasteiger charge is -2.43. The van der Waals surface area contributed by atoms with Crippen molar-refractivity contribution in [3.63, 3.8) is 0 Å². The molecule has 1 atom stereocenters. The van der Waals surface area contributed by atoms with E-state index in [1.807, 2.05) is 37.0 Å². The average molecular weight is 434 g/mol. The highest BCUT2D eigenvalue weighted by Crippen LogP contribution is 2.33. The molecule has 166 valence electrons. The minimum Gasteiger partial charge on any atom is -0.379 e. The van der Waals surface area contributed by atoms with Gasteiger partial charge in [-0.15, -0.1) is 0 Å². The number of rotatable bonds is 7. The van der Waals surface area contributed by atoms with Crippen molar-refractivity contribution in [2.75, 3.05) is 72.0 Å². The minimum atomic E-state index is 0.0325. The van der Waals surface area contributed by atoms with E-state index in [-0.39, 0.29) is 11.4 Å². The molecule has 0 saturated carbocycles. The van der Waals surface area contributed by atoms with Gasteiger partial charge in [-0.2, -0.15) is 11.8 Å². The van der Waals surface area contributed by atoms with Crippen LogP contribution in [0.15, 0.2) is 29.3 Å². The molecule has 1 unspecified atom stereocenters. The van der Waals surface area contributed by atoms with Crippen molar-refractivity contribution < 1.29 is 9.53 Å². The van der Waals surface area contributed by atoms with Gasteiger partial charge in [0.25, 0.3) is 5.91 Å². The molecule has 2 N–H and O–H groups in total. The van der Waals surface area contributed by atoms with Crippen LogP contribution in [0.5, 0.6) is 0 Å². The van der Waals surface area contributed by atoms with Crippen molar-refractivity contribution in [2.45, 2.75) is 18.4 Å². The Morgan fingerprint density at radius 3 is 2.77 bits per heavy atom. The Morgan fingerprint density at radius 2 is 2.10 bits per heavy atom. The lowest BCUT2D eigenvalue weighted by molar-refractivity contribution is -0.0120. The molecule has 2 aliphatic rings. The van der Waals surface area contributed by atoms with Crippen LogP contribution in [-0.4, -0.2) is 99.2 Å². The lowest BCUT2D eigenvalue weighted by atomic mass is 9.95. The van der Waals surface area contributed by atoms with Crippen molar-refractivity contribution in [1.82, 2.24) is 20.4 Å². The summed E-state index contributed by atoms with van der Waals surface area (Å²) in [7, 11) is 5.37. The van der Waals surface area contributed by atoms with Gasteiger partial charge in [-0.3, -0.25) is 14.7 Å². The molecule has 0 spiro atoms. The van der Waals surface area contributed by atoms with Crippen LogP contribution in [0.4, 0.5) is 0 Å². The predicted octanol–water partition coefficient (Wildman–Crippen LogP) is 1.30. The normalized spacial score (nSPS) is 22.7. The van der Waals surface area contributed by atoms with Crippen LogP contribution < -0.4 is 10.6 Å². The summed E-state index contributed by atoms with van der Waals surface area (Å²) in [4.78, 5) is 20.8. The Bertz CT molecular complexity index is 728. The van der Waals surface area contributed by atoms with Crippen molar-refractivity contribution in [1.29, 1.82) is 0 Å². The van der Waals surface area contributed by atoms with Crippen molar-refractivity contribution in [3.8, 4) is 0 Å². The number of hydrogen-bond donors (Lipinski definition) is 2. The Morgan fingerprint density at radius 1 is 1.30 bits per heavy atom. The maximum Gasteiger partial charge on any atom is 0.253 e. The first-order chi connectivity index (χ1) is 14.5.